The first-order valence-electron chi connectivity index (χ1n) is 7.16. The summed E-state index contributed by atoms with van der Waals surface area (Å²) in [4.78, 5) is 27.4. The number of aliphatic hydroxyl groups excluding tert-OH is 1. The molecule has 0 aliphatic carbocycles. The SMILES string of the molecule is CCC(=O)N1CCCC(C(=O)N(C)CCC(C)O)C1. The van der Waals surface area contributed by atoms with Gasteiger partial charge in [-0.25, -0.2) is 0 Å². The number of aliphatic hydroxyl groups is 1. The van der Waals surface area contributed by atoms with Gasteiger partial charge >= 0.3 is 0 Å². The lowest BCUT2D eigenvalue weighted by molar-refractivity contribution is -0.140. The molecule has 1 heterocycles. The van der Waals surface area contributed by atoms with E-state index in [9.17, 15) is 14.7 Å². The van der Waals surface area contributed by atoms with Crippen molar-refractivity contribution in [1.82, 2.24) is 9.80 Å². The van der Waals surface area contributed by atoms with E-state index in [0.29, 0.717) is 25.9 Å². The van der Waals surface area contributed by atoms with Gasteiger partial charge in [-0.3, -0.25) is 9.59 Å². The molecule has 0 aromatic rings. The zero-order valence-electron chi connectivity index (χ0n) is 12.3. The highest BCUT2D eigenvalue weighted by Gasteiger charge is 2.29. The molecule has 2 unspecified atom stereocenters. The second-order valence-corrected chi connectivity index (χ2v) is 5.43. The van der Waals surface area contributed by atoms with Gasteiger partial charge in [0, 0.05) is 33.1 Å². The van der Waals surface area contributed by atoms with E-state index in [-0.39, 0.29) is 23.8 Å². The van der Waals surface area contributed by atoms with Crippen molar-refractivity contribution in [3.8, 4) is 0 Å². The van der Waals surface area contributed by atoms with Crippen molar-refractivity contribution >= 4 is 11.8 Å². The minimum absolute atomic E-state index is 0.0803. The van der Waals surface area contributed by atoms with Gasteiger partial charge in [0.15, 0.2) is 0 Å². The molecule has 0 aromatic carbocycles. The highest BCUT2D eigenvalue weighted by atomic mass is 16.3. The number of nitrogens with zero attached hydrogens (tertiary/aromatic N) is 2. The third-order valence-electron chi connectivity index (χ3n) is 3.68. The van der Waals surface area contributed by atoms with Gasteiger partial charge in [-0.1, -0.05) is 6.92 Å². The molecule has 0 spiro atoms. The monoisotopic (exact) mass is 270 g/mol. The fourth-order valence-corrected chi connectivity index (χ4v) is 2.43. The van der Waals surface area contributed by atoms with Gasteiger partial charge in [-0.15, -0.1) is 0 Å². The Morgan fingerprint density at radius 3 is 2.74 bits per heavy atom. The van der Waals surface area contributed by atoms with Crippen LogP contribution in [0.5, 0.6) is 0 Å². The molecule has 0 aromatic heterocycles. The molecule has 0 saturated carbocycles. The van der Waals surface area contributed by atoms with E-state index in [1.165, 1.54) is 0 Å². The van der Waals surface area contributed by atoms with Gasteiger partial charge in [0.2, 0.25) is 11.8 Å². The highest BCUT2D eigenvalue weighted by molar-refractivity contribution is 5.81. The van der Waals surface area contributed by atoms with Crippen LogP contribution < -0.4 is 0 Å². The van der Waals surface area contributed by atoms with Crippen LogP contribution in [0.4, 0.5) is 0 Å². The normalized spacial score (nSPS) is 21.1. The molecule has 1 aliphatic rings. The van der Waals surface area contributed by atoms with Crippen LogP contribution in [0.25, 0.3) is 0 Å². The summed E-state index contributed by atoms with van der Waals surface area (Å²) in [5.41, 5.74) is 0. The van der Waals surface area contributed by atoms with Crippen LogP contribution in [0.3, 0.4) is 0 Å². The summed E-state index contributed by atoms with van der Waals surface area (Å²) in [6.07, 6.45) is 2.45. The van der Waals surface area contributed by atoms with Crippen LogP contribution in [0, 0.1) is 5.92 Å². The van der Waals surface area contributed by atoms with Crippen LogP contribution in [-0.2, 0) is 9.59 Å². The van der Waals surface area contributed by atoms with Crippen molar-refractivity contribution in [3.05, 3.63) is 0 Å². The lowest BCUT2D eigenvalue weighted by Gasteiger charge is -2.34. The summed E-state index contributed by atoms with van der Waals surface area (Å²) in [6, 6.07) is 0. The van der Waals surface area contributed by atoms with Crippen LogP contribution in [-0.4, -0.2) is 59.5 Å². The molecule has 2 amide bonds. The third-order valence-corrected chi connectivity index (χ3v) is 3.68. The molecule has 1 N–H and O–H groups in total. The fraction of sp³-hybridized carbons (Fsp3) is 0.857. The largest absolute Gasteiger partial charge is 0.393 e. The second-order valence-electron chi connectivity index (χ2n) is 5.43. The van der Waals surface area contributed by atoms with Gasteiger partial charge in [0.25, 0.3) is 0 Å². The number of carbonyl (C=O) groups excluding carboxylic acids is 2. The molecule has 1 aliphatic heterocycles. The zero-order valence-corrected chi connectivity index (χ0v) is 12.3. The number of hydrogen-bond donors (Lipinski definition) is 1. The number of piperidine rings is 1. The third kappa shape index (κ3) is 4.82. The zero-order chi connectivity index (χ0) is 14.4. The summed E-state index contributed by atoms with van der Waals surface area (Å²) in [7, 11) is 1.77. The van der Waals surface area contributed by atoms with Crippen molar-refractivity contribution < 1.29 is 14.7 Å². The Bertz CT molecular complexity index is 318. The summed E-state index contributed by atoms with van der Waals surface area (Å²) >= 11 is 0. The predicted molar refractivity (Wildman–Crippen MR) is 73.5 cm³/mol. The summed E-state index contributed by atoms with van der Waals surface area (Å²) in [5, 5.41) is 9.25. The Kier molecular flexibility index (Phi) is 6.28. The first-order valence-corrected chi connectivity index (χ1v) is 7.16. The maximum Gasteiger partial charge on any atom is 0.227 e. The average molecular weight is 270 g/mol. The van der Waals surface area contributed by atoms with E-state index in [1.807, 2.05) is 6.92 Å². The van der Waals surface area contributed by atoms with Gasteiger partial charge in [0.1, 0.15) is 0 Å². The van der Waals surface area contributed by atoms with Crippen LogP contribution in [0.15, 0.2) is 0 Å². The molecular weight excluding hydrogens is 244 g/mol. The number of likely N-dealkylation sites (tertiary alicyclic amines) is 1. The van der Waals surface area contributed by atoms with Crippen LogP contribution in [0.1, 0.15) is 39.5 Å². The van der Waals surface area contributed by atoms with E-state index in [2.05, 4.69) is 0 Å². The maximum absolute atomic E-state index is 12.3. The van der Waals surface area contributed by atoms with Crippen molar-refractivity contribution in [2.24, 2.45) is 5.92 Å². The molecule has 0 radical (unpaired) electrons. The van der Waals surface area contributed by atoms with Crippen LogP contribution >= 0.6 is 0 Å². The van der Waals surface area contributed by atoms with Crippen molar-refractivity contribution in [1.29, 1.82) is 0 Å². The van der Waals surface area contributed by atoms with Gasteiger partial charge in [-0.2, -0.15) is 0 Å². The predicted octanol–water partition coefficient (Wildman–Crippen LogP) is 0.864. The fourth-order valence-electron chi connectivity index (χ4n) is 2.43. The van der Waals surface area contributed by atoms with Crippen molar-refractivity contribution in [2.45, 2.75) is 45.6 Å². The standard InChI is InChI=1S/C14H26N2O3/c1-4-13(18)16-8-5-6-12(10-16)14(19)15(3)9-7-11(2)17/h11-12,17H,4-10H2,1-3H3. The van der Waals surface area contributed by atoms with E-state index in [0.717, 1.165) is 19.4 Å². The van der Waals surface area contributed by atoms with Gasteiger partial charge < -0.3 is 14.9 Å². The van der Waals surface area contributed by atoms with E-state index >= 15 is 0 Å². The lowest BCUT2D eigenvalue weighted by Crippen LogP contribution is -2.46. The van der Waals surface area contributed by atoms with E-state index in [1.54, 1.807) is 23.8 Å². The quantitative estimate of drug-likeness (QED) is 0.806. The molecule has 19 heavy (non-hydrogen) atoms. The number of amides is 2. The molecule has 110 valence electrons. The Morgan fingerprint density at radius 1 is 1.47 bits per heavy atom. The Balaban J connectivity index is 2.49. The molecule has 2 atom stereocenters. The van der Waals surface area contributed by atoms with Crippen molar-refractivity contribution in [3.63, 3.8) is 0 Å². The smallest absolute Gasteiger partial charge is 0.227 e. The Morgan fingerprint density at radius 2 is 2.16 bits per heavy atom. The number of carbonyl (C=O) groups is 2. The van der Waals surface area contributed by atoms with Crippen LogP contribution in [0.2, 0.25) is 0 Å². The molecule has 5 heteroatoms. The molecule has 0 bridgehead atoms. The number of rotatable bonds is 5. The first kappa shape index (κ1) is 16.0. The molecule has 1 rings (SSSR count). The lowest BCUT2D eigenvalue weighted by atomic mass is 9.96. The van der Waals surface area contributed by atoms with Crippen molar-refractivity contribution in [2.75, 3.05) is 26.7 Å². The molecule has 1 saturated heterocycles. The van der Waals surface area contributed by atoms with Gasteiger partial charge in [0.05, 0.1) is 12.0 Å². The van der Waals surface area contributed by atoms with Gasteiger partial charge in [-0.05, 0) is 26.2 Å². The summed E-state index contributed by atoms with van der Waals surface area (Å²) in [6.45, 7) is 5.45. The topological polar surface area (TPSA) is 60.9 Å². The molecule has 1 fully saturated rings. The average Bonchev–Trinajstić information content (AvgIpc) is 2.43. The second kappa shape index (κ2) is 7.48. The highest BCUT2D eigenvalue weighted by Crippen LogP contribution is 2.19. The summed E-state index contributed by atoms with van der Waals surface area (Å²) < 4.78 is 0. The Labute approximate surface area is 115 Å². The minimum atomic E-state index is -0.389. The minimum Gasteiger partial charge on any atom is -0.393 e. The molecular formula is C14H26N2O3. The Hall–Kier alpha value is -1.10. The van der Waals surface area contributed by atoms with E-state index in [4.69, 9.17) is 0 Å². The maximum atomic E-state index is 12.3. The number of hydrogen-bond acceptors (Lipinski definition) is 3. The molecule has 5 nitrogen and oxygen atoms in total. The summed E-state index contributed by atoms with van der Waals surface area (Å²) in [5.74, 6) is 0.140. The first-order chi connectivity index (χ1) is 8.95. The van der Waals surface area contributed by atoms with E-state index < -0.39 is 0 Å².